The van der Waals surface area contributed by atoms with E-state index >= 15 is 0 Å². The summed E-state index contributed by atoms with van der Waals surface area (Å²) in [7, 11) is -3.65. The zero-order valence-corrected chi connectivity index (χ0v) is 14.2. The van der Waals surface area contributed by atoms with Crippen LogP contribution in [0.15, 0.2) is 20.0 Å². The van der Waals surface area contributed by atoms with E-state index in [2.05, 4.69) is 32.5 Å². The van der Waals surface area contributed by atoms with Crippen molar-refractivity contribution in [3.63, 3.8) is 0 Å². The van der Waals surface area contributed by atoms with Gasteiger partial charge in [0.15, 0.2) is 4.67 Å². The van der Waals surface area contributed by atoms with E-state index in [1.54, 1.807) is 0 Å². The minimum Gasteiger partial charge on any atom is -0.452 e. The third kappa shape index (κ3) is 4.27. The lowest BCUT2D eigenvalue weighted by Gasteiger charge is -2.32. The molecule has 1 aromatic heterocycles. The molecule has 9 heteroatoms. The standard InChI is InChI=1S/C12H20BrN3O4S/c1-2-16-3-4-19-10(8-16)7-15-21(17,18)11-5-9(6-14)20-12(11)13/h5,10,15H,2-4,6-8,14H2,1H3. The van der Waals surface area contributed by atoms with E-state index in [9.17, 15) is 8.42 Å². The van der Waals surface area contributed by atoms with E-state index in [0.717, 1.165) is 19.6 Å². The maximum atomic E-state index is 12.3. The van der Waals surface area contributed by atoms with E-state index in [-0.39, 0.29) is 28.8 Å². The van der Waals surface area contributed by atoms with Crippen LogP contribution in [0.3, 0.4) is 0 Å². The summed E-state index contributed by atoms with van der Waals surface area (Å²) in [5.74, 6) is 0.410. The van der Waals surface area contributed by atoms with Crippen LogP contribution < -0.4 is 10.5 Å². The molecule has 0 radical (unpaired) electrons. The molecule has 7 nitrogen and oxygen atoms in total. The van der Waals surface area contributed by atoms with Gasteiger partial charge in [-0.3, -0.25) is 4.90 Å². The van der Waals surface area contributed by atoms with Gasteiger partial charge in [-0.05, 0) is 22.5 Å². The van der Waals surface area contributed by atoms with Crippen LogP contribution in [0.2, 0.25) is 0 Å². The summed E-state index contributed by atoms with van der Waals surface area (Å²) in [6, 6.07) is 1.42. The normalized spacial score (nSPS) is 20.8. The lowest BCUT2D eigenvalue weighted by Crippen LogP contribution is -2.47. The second kappa shape index (κ2) is 7.21. The van der Waals surface area contributed by atoms with Crippen molar-refractivity contribution in [2.24, 2.45) is 5.73 Å². The van der Waals surface area contributed by atoms with Crippen molar-refractivity contribution < 1.29 is 17.6 Å². The Kier molecular flexibility index (Phi) is 5.81. The Morgan fingerprint density at radius 2 is 2.33 bits per heavy atom. The Balaban J connectivity index is 1.99. The molecular formula is C12H20BrN3O4S. The van der Waals surface area contributed by atoms with Crippen LogP contribution in [0.5, 0.6) is 0 Å². The Bertz CT molecular complexity index is 575. The smallest absolute Gasteiger partial charge is 0.245 e. The molecule has 2 heterocycles. The second-order valence-corrected chi connectivity index (χ2v) is 7.25. The molecule has 1 aliphatic heterocycles. The van der Waals surface area contributed by atoms with Gasteiger partial charge in [0.2, 0.25) is 10.0 Å². The van der Waals surface area contributed by atoms with E-state index in [0.29, 0.717) is 12.4 Å². The van der Waals surface area contributed by atoms with Crippen molar-refractivity contribution in [1.82, 2.24) is 9.62 Å². The van der Waals surface area contributed by atoms with Crippen LogP contribution in [0, 0.1) is 0 Å². The molecule has 0 aliphatic carbocycles. The summed E-state index contributed by atoms with van der Waals surface area (Å²) in [5, 5.41) is 0. The number of nitrogens with zero attached hydrogens (tertiary/aromatic N) is 1. The largest absolute Gasteiger partial charge is 0.452 e. The van der Waals surface area contributed by atoms with Gasteiger partial charge in [-0.25, -0.2) is 13.1 Å². The van der Waals surface area contributed by atoms with Gasteiger partial charge in [0.1, 0.15) is 10.7 Å². The van der Waals surface area contributed by atoms with Crippen LogP contribution in [-0.2, 0) is 21.3 Å². The number of morpholine rings is 1. The molecule has 1 fully saturated rings. The molecule has 3 N–H and O–H groups in total. The summed E-state index contributed by atoms with van der Waals surface area (Å²) < 4.78 is 38.0. The van der Waals surface area contributed by atoms with Crippen molar-refractivity contribution in [2.75, 3.05) is 32.8 Å². The highest BCUT2D eigenvalue weighted by atomic mass is 79.9. The van der Waals surface area contributed by atoms with E-state index < -0.39 is 10.0 Å². The van der Waals surface area contributed by atoms with Crippen molar-refractivity contribution in [3.8, 4) is 0 Å². The summed E-state index contributed by atoms with van der Waals surface area (Å²) >= 11 is 3.10. The Labute approximate surface area is 133 Å². The first kappa shape index (κ1) is 16.9. The predicted octanol–water partition coefficient (Wildman–Crippen LogP) is 0.500. The SMILES string of the molecule is CCN1CCOC(CNS(=O)(=O)c2cc(CN)oc2Br)C1. The summed E-state index contributed by atoms with van der Waals surface area (Å²) in [4.78, 5) is 2.29. The van der Waals surface area contributed by atoms with Gasteiger partial charge < -0.3 is 14.9 Å². The molecule has 0 saturated carbocycles. The van der Waals surface area contributed by atoms with Crippen LogP contribution in [-0.4, -0.2) is 52.2 Å². The molecule has 0 spiro atoms. The molecule has 120 valence electrons. The summed E-state index contributed by atoms with van der Waals surface area (Å²) in [6.07, 6.45) is -0.145. The van der Waals surface area contributed by atoms with Crippen molar-refractivity contribution in [3.05, 3.63) is 16.5 Å². The topological polar surface area (TPSA) is 97.8 Å². The number of halogens is 1. The van der Waals surface area contributed by atoms with E-state index in [1.807, 2.05) is 0 Å². The Hall–Kier alpha value is -0.450. The third-order valence-electron chi connectivity index (χ3n) is 3.37. The third-order valence-corrected chi connectivity index (χ3v) is 5.65. The van der Waals surface area contributed by atoms with Crippen molar-refractivity contribution in [2.45, 2.75) is 24.5 Å². The predicted molar refractivity (Wildman–Crippen MR) is 81.3 cm³/mol. The first-order valence-corrected chi connectivity index (χ1v) is 9.05. The maximum absolute atomic E-state index is 12.3. The number of rotatable bonds is 6. The fourth-order valence-electron chi connectivity index (χ4n) is 2.15. The van der Waals surface area contributed by atoms with Gasteiger partial charge >= 0.3 is 0 Å². The number of hydrogen-bond donors (Lipinski definition) is 2. The first-order chi connectivity index (χ1) is 9.96. The lowest BCUT2D eigenvalue weighted by molar-refractivity contribution is -0.0229. The van der Waals surface area contributed by atoms with Gasteiger partial charge in [-0.1, -0.05) is 6.92 Å². The first-order valence-electron chi connectivity index (χ1n) is 6.78. The highest BCUT2D eigenvalue weighted by Crippen LogP contribution is 2.25. The zero-order valence-electron chi connectivity index (χ0n) is 11.8. The number of sulfonamides is 1. The van der Waals surface area contributed by atoms with Crippen LogP contribution in [0.1, 0.15) is 12.7 Å². The number of furan rings is 1. The van der Waals surface area contributed by atoms with Gasteiger partial charge in [0, 0.05) is 25.7 Å². The summed E-state index contributed by atoms with van der Waals surface area (Å²) in [6.45, 7) is 5.60. The minimum atomic E-state index is -3.65. The van der Waals surface area contributed by atoms with Crippen molar-refractivity contribution >= 4 is 26.0 Å². The van der Waals surface area contributed by atoms with Crippen LogP contribution in [0.25, 0.3) is 0 Å². The number of hydrogen-bond acceptors (Lipinski definition) is 6. The van der Waals surface area contributed by atoms with E-state index in [1.165, 1.54) is 6.07 Å². The number of nitrogens with two attached hydrogens (primary N) is 1. The van der Waals surface area contributed by atoms with Gasteiger partial charge in [0.25, 0.3) is 0 Å². The highest BCUT2D eigenvalue weighted by molar-refractivity contribution is 9.10. The number of nitrogens with one attached hydrogen (secondary N) is 1. The molecule has 1 atom stereocenters. The fraction of sp³-hybridized carbons (Fsp3) is 0.667. The Morgan fingerprint density at radius 3 is 2.95 bits per heavy atom. The molecule has 0 amide bonds. The average Bonchev–Trinajstić information content (AvgIpc) is 2.87. The van der Waals surface area contributed by atoms with Gasteiger partial charge in [-0.15, -0.1) is 0 Å². The van der Waals surface area contributed by atoms with E-state index in [4.69, 9.17) is 14.9 Å². The fourth-order valence-corrected chi connectivity index (χ4v) is 4.22. The van der Waals surface area contributed by atoms with Crippen LogP contribution >= 0.6 is 15.9 Å². The molecule has 0 aromatic carbocycles. The highest BCUT2D eigenvalue weighted by Gasteiger charge is 2.25. The van der Waals surface area contributed by atoms with Gasteiger partial charge in [0.05, 0.1) is 19.3 Å². The molecule has 1 aromatic rings. The molecule has 0 bridgehead atoms. The quantitative estimate of drug-likeness (QED) is 0.744. The molecule has 2 rings (SSSR count). The second-order valence-electron chi connectivity index (χ2n) is 4.79. The molecular weight excluding hydrogens is 362 g/mol. The number of ether oxygens (including phenoxy) is 1. The average molecular weight is 382 g/mol. The molecule has 1 aliphatic rings. The summed E-state index contributed by atoms with van der Waals surface area (Å²) in [5.41, 5.74) is 5.44. The van der Waals surface area contributed by atoms with Crippen LogP contribution in [0.4, 0.5) is 0 Å². The van der Waals surface area contributed by atoms with Crippen molar-refractivity contribution in [1.29, 1.82) is 0 Å². The molecule has 1 unspecified atom stereocenters. The monoisotopic (exact) mass is 381 g/mol. The Morgan fingerprint density at radius 1 is 1.57 bits per heavy atom. The minimum absolute atomic E-state index is 0.0612. The number of likely N-dealkylation sites (N-methyl/N-ethyl adjacent to an activating group) is 1. The zero-order chi connectivity index (χ0) is 15.5. The lowest BCUT2D eigenvalue weighted by atomic mass is 10.3. The maximum Gasteiger partial charge on any atom is 0.245 e. The molecule has 1 saturated heterocycles. The van der Waals surface area contributed by atoms with Gasteiger partial charge in [-0.2, -0.15) is 0 Å². The molecule has 21 heavy (non-hydrogen) atoms.